The Kier molecular flexibility index (Phi) is 5.85. The van der Waals surface area contributed by atoms with E-state index in [2.05, 4.69) is 9.98 Å². The Morgan fingerprint density at radius 2 is 2.00 bits per heavy atom. The topological polar surface area (TPSA) is 109 Å². The van der Waals surface area contributed by atoms with Crippen LogP contribution in [0.3, 0.4) is 0 Å². The average Bonchev–Trinajstić information content (AvgIpc) is 3.33. The van der Waals surface area contributed by atoms with Gasteiger partial charge in [-0.3, -0.25) is 0 Å². The fourth-order valence-corrected chi connectivity index (χ4v) is 5.39. The number of nitrogens with zero attached hydrogens (tertiary/aromatic N) is 3. The molecule has 0 spiro atoms. The maximum atomic E-state index is 14.8. The molecule has 0 radical (unpaired) electrons. The standard InChI is InChI=1S/C28H25F2N5O3/c1-34-12-24(25(36)13-34)35-23-8-5-15(10-22(23)32-28(35)33-27(31)37)9-19-17-3-2-4-21(30)20(17)14-38-26-11-16(29)6-7-18(19)26/h2-11,24-25,36H,12-14H2,1H3,(H3,31,32,33,37)/b19-9+/t24-,25-/m0/s1. The molecule has 0 aliphatic carbocycles. The summed E-state index contributed by atoms with van der Waals surface area (Å²) < 4.78 is 36.4. The van der Waals surface area contributed by atoms with Crippen molar-refractivity contribution < 1.29 is 23.4 Å². The number of fused-ring (bicyclic) bond motifs is 3. The summed E-state index contributed by atoms with van der Waals surface area (Å²) in [6, 6.07) is 13.5. The molecule has 2 aliphatic rings. The minimum absolute atomic E-state index is 0.0262. The first kappa shape index (κ1) is 24.1. The Labute approximate surface area is 216 Å². The van der Waals surface area contributed by atoms with E-state index in [4.69, 9.17) is 10.5 Å². The number of halogens is 2. The van der Waals surface area contributed by atoms with Gasteiger partial charge in [0.1, 0.15) is 24.0 Å². The highest BCUT2D eigenvalue weighted by Gasteiger charge is 2.32. The van der Waals surface area contributed by atoms with Crippen LogP contribution in [0.15, 0.2) is 59.6 Å². The maximum absolute atomic E-state index is 14.8. The minimum atomic E-state index is -0.852. The van der Waals surface area contributed by atoms with Crippen molar-refractivity contribution in [2.75, 3.05) is 20.1 Å². The van der Waals surface area contributed by atoms with E-state index in [1.807, 2.05) is 42.3 Å². The lowest BCUT2D eigenvalue weighted by atomic mass is 9.92. The molecule has 4 N–H and O–H groups in total. The molecule has 2 aliphatic heterocycles. The maximum Gasteiger partial charge on any atom is 0.341 e. The van der Waals surface area contributed by atoms with Crippen LogP contribution in [0, 0.1) is 11.6 Å². The number of urea groups is 1. The third kappa shape index (κ3) is 4.17. The van der Waals surface area contributed by atoms with Crippen LogP contribution in [0.1, 0.15) is 28.3 Å². The Balaban J connectivity index is 1.54. The fraction of sp³-hybridized carbons (Fsp3) is 0.214. The second kappa shape index (κ2) is 9.23. The molecule has 0 saturated carbocycles. The number of aliphatic hydroxyl groups excluding tert-OH is 1. The highest BCUT2D eigenvalue weighted by Crippen LogP contribution is 2.39. The van der Waals surface area contributed by atoms with Gasteiger partial charge in [-0.2, -0.15) is 4.99 Å². The first-order chi connectivity index (χ1) is 18.3. The molecule has 38 heavy (non-hydrogen) atoms. The summed E-state index contributed by atoms with van der Waals surface area (Å²) in [5.74, 6) is -0.523. The molecule has 3 aromatic carbocycles. The van der Waals surface area contributed by atoms with Gasteiger partial charge >= 0.3 is 6.03 Å². The van der Waals surface area contributed by atoms with Gasteiger partial charge in [-0.15, -0.1) is 0 Å². The summed E-state index contributed by atoms with van der Waals surface area (Å²) in [4.78, 5) is 20.8. The first-order valence-electron chi connectivity index (χ1n) is 12.2. The molecule has 0 bridgehead atoms. The predicted octanol–water partition coefficient (Wildman–Crippen LogP) is 3.56. The van der Waals surface area contributed by atoms with Crippen LogP contribution in [0.25, 0.3) is 22.7 Å². The normalized spacial score (nSPS) is 20.8. The van der Waals surface area contributed by atoms with Crippen LogP contribution in [0.2, 0.25) is 0 Å². The summed E-state index contributed by atoms with van der Waals surface area (Å²) >= 11 is 0. The number of likely N-dealkylation sites (tertiary alicyclic amines) is 1. The van der Waals surface area contributed by atoms with Crippen molar-refractivity contribution >= 4 is 28.7 Å². The van der Waals surface area contributed by atoms with Gasteiger partial charge in [-0.25, -0.2) is 13.6 Å². The molecule has 0 unspecified atom stereocenters. The van der Waals surface area contributed by atoms with Crippen LogP contribution in [-0.4, -0.2) is 51.8 Å². The van der Waals surface area contributed by atoms with Gasteiger partial charge in [0.25, 0.3) is 0 Å². The SMILES string of the molecule is CN1C[C@H](O)[C@@H](n2/c(=N/C(N)=O)[nH]c3cc(/C=C4/c5ccc(F)cc5OCc5c(F)cccc54)ccc32)C1. The Hall–Kier alpha value is -4.28. The highest BCUT2D eigenvalue weighted by atomic mass is 19.1. The number of likely N-dealkylation sites (N-methyl/N-ethyl adjacent to an activating group) is 1. The molecule has 1 fully saturated rings. The van der Waals surface area contributed by atoms with Crippen molar-refractivity contribution in [2.45, 2.75) is 18.8 Å². The van der Waals surface area contributed by atoms with E-state index in [0.717, 1.165) is 11.1 Å². The number of hydrogen-bond donors (Lipinski definition) is 3. The van der Waals surface area contributed by atoms with Crippen LogP contribution in [-0.2, 0) is 6.61 Å². The van der Waals surface area contributed by atoms with E-state index < -0.39 is 23.8 Å². The van der Waals surface area contributed by atoms with E-state index in [1.165, 1.54) is 18.2 Å². The molecule has 8 nitrogen and oxygen atoms in total. The van der Waals surface area contributed by atoms with E-state index in [9.17, 15) is 18.7 Å². The number of H-pyrrole nitrogens is 1. The number of hydrogen-bond acceptors (Lipinski definition) is 4. The third-order valence-corrected chi connectivity index (χ3v) is 7.07. The van der Waals surface area contributed by atoms with Crippen molar-refractivity contribution in [3.05, 3.63) is 94.1 Å². The number of β-amino-alcohol motifs (C(OH)–C–C–N with tert-alkyl or cyclic N) is 1. The summed E-state index contributed by atoms with van der Waals surface area (Å²) in [5.41, 5.74) is 10.1. The number of primary amides is 1. The number of ether oxygens (including phenoxy) is 1. The van der Waals surface area contributed by atoms with E-state index >= 15 is 0 Å². The number of aromatic nitrogens is 2. The third-order valence-electron chi connectivity index (χ3n) is 7.07. The van der Waals surface area contributed by atoms with Gasteiger partial charge in [0.05, 0.1) is 23.2 Å². The number of nitrogens with one attached hydrogen (secondary N) is 1. The molecule has 2 amide bonds. The van der Waals surface area contributed by atoms with E-state index in [0.29, 0.717) is 46.6 Å². The molecule has 2 atom stereocenters. The second-order valence-electron chi connectivity index (χ2n) is 9.65. The van der Waals surface area contributed by atoms with Crippen LogP contribution < -0.4 is 16.1 Å². The number of imidazole rings is 1. The zero-order valence-corrected chi connectivity index (χ0v) is 20.5. The highest BCUT2D eigenvalue weighted by molar-refractivity contribution is 5.96. The first-order valence-corrected chi connectivity index (χ1v) is 12.2. The van der Waals surface area contributed by atoms with Crippen molar-refractivity contribution in [1.82, 2.24) is 14.5 Å². The van der Waals surface area contributed by atoms with Gasteiger partial charge < -0.3 is 30.0 Å². The van der Waals surface area contributed by atoms with Gasteiger partial charge in [0, 0.05) is 30.3 Å². The second-order valence-corrected chi connectivity index (χ2v) is 9.65. The Morgan fingerprint density at radius 3 is 2.76 bits per heavy atom. The molecule has 6 rings (SSSR count). The van der Waals surface area contributed by atoms with Gasteiger partial charge in [-0.05, 0) is 60.2 Å². The van der Waals surface area contributed by atoms with Crippen molar-refractivity contribution in [2.24, 2.45) is 10.7 Å². The number of aromatic amines is 1. The molecule has 10 heteroatoms. The van der Waals surface area contributed by atoms with Crippen molar-refractivity contribution in [1.29, 1.82) is 0 Å². The Bertz CT molecular complexity index is 1690. The molecule has 194 valence electrons. The molecular weight excluding hydrogens is 492 g/mol. The minimum Gasteiger partial charge on any atom is -0.488 e. The number of nitrogens with two attached hydrogens (primary N) is 1. The molecule has 1 aromatic heterocycles. The summed E-state index contributed by atoms with van der Waals surface area (Å²) in [5, 5.41) is 10.7. The summed E-state index contributed by atoms with van der Waals surface area (Å²) in [6.07, 6.45) is 1.24. The lowest BCUT2D eigenvalue weighted by Crippen LogP contribution is -2.32. The number of benzene rings is 3. The van der Waals surface area contributed by atoms with Gasteiger partial charge in [-0.1, -0.05) is 18.2 Å². The van der Waals surface area contributed by atoms with E-state index in [1.54, 1.807) is 16.7 Å². The zero-order chi connectivity index (χ0) is 26.6. The van der Waals surface area contributed by atoms with Crippen LogP contribution in [0.4, 0.5) is 13.6 Å². The quantitative estimate of drug-likeness (QED) is 0.378. The summed E-state index contributed by atoms with van der Waals surface area (Å²) in [7, 11) is 1.91. The number of rotatable bonds is 2. The molecule has 3 heterocycles. The number of carbonyl (C=O) groups is 1. The van der Waals surface area contributed by atoms with Crippen LogP contribution in [0.5, 0.6) is 5.75 Å². The van der Waals surface area contributed by atoms with Gasteiger partial charge in [0.2, 0.25) is 5.62 Å². The average molecular weight is 518 g/mol. The fourth-order valence-electron chi connectivity index (χ4n) is 5.39. The molecule has 4 aromatic rings. The monoisotopic (exact) mass is 517 g/mol. The zero-order valence-electron chi connectivity index (χ0n) is 20.5. The van der Waals surface area contributed by atoms with E-state index in [-0.39, 0.29) is 18.3 Å². The number of amides is 2. The predicted molar refractivity (Wildman–Crippen MR) is 138 cm³/mol. The molecular formula is C28H25F2N5O3. The summed E-state index contributed by atoms with van der Waals surface area (Å²) in [6.45, 7) is 1.03. The molecule has 1 saturated heterocycles. The largest absolute Gasteiger partial charge is 0.488 e. The van der Waals surface area contributed by atoms with Crippen LogP contribution >= 0.6 is 0 Å². The van der Waals surface area contributed by atoms with Crippen molar-refractivity contribution in [3.8, 4) is 5.75 Å². The number of aliphatic hydroxyl groups is 1. The lowest BCUT2D eigenvalue weighted by Gasteiger charge is -2.16. The Morgan fingerprint density at radius 1 is 1.16 bits per heavy atom. The lowest BCUT2D eigenvalue weighted by molar-refractivity contribution is 0.146. The smallest absolute Gasteiger partial charge is 0.341 e. The number of carbonyl (C=O) groups excluding carboxylic acids is 1. The van der Waals surface area contributed by atoms with Gasteiger partial charge in [0.15, 0.2) is 0 Å². The van der Waals surface area contributed by atoms with Crippen molar-refractivity contribution in [3.63, 3.8) is 0 Å².